The molecule has 0 saturated carbocycles. The largest absolute Gasteiger partial charge is 0.464 e. The molecule has 0 amide bonds. The highest BCUT2D eigenvalue weighted by molar-refractivity contribution is 6.19. The fourth-order valence-electron chi connectivity index (χ4n) is 5.46. The molecule has 5 aromatic heterocycles. The Kier molecular flexibility index (Phi) is 5.03. The standard InChI is InChI=1S/C34H21N5O/c1-2-7-30-27(6-1)32-31(9-8-23-14-19-40-33(23)32)39(30)26-5-3-4-25(20-26)29-21-28(22-10-15-35-16-11-22)37-34(38-29)24-12-17-36-18-13-24/h1-21H. The van der Waals surface area contributed by atoms with E-state index in [0.717, 1.165) is 66.5 Å². The first-order valence-electron chi connectivity index (χ1n) is 13.0. The maximum Gasteiger partial charge on any atom is 0.160 e. The Morgan fingerprint density at radius 2 is 1.32 bits per heavy atom. The first-order valence-corrected chi connectivity index (χ1v) is 13.0. The highest BCUT2D eigenvalue weighted by Crippen LogP contribution is 2.38. The molecule has 6 heteroatoms. The molecule has 0 atom stereocenters. The van der Waals surface area contributed by atoms with Crippen LogP contribution >= 0.6 is 0 Å². The predicted octanol–water partition coefficient (Wildman–Crippen LogP) is 8.11. The van der Waals surface area contributed by atoms with Gasteiger partial charge in [-0.25, -0.2) is 9.97 Å². The average molecular weight is 516 g/mol. The molecule has 0 N–H and O–H groups in total. The second kappa shape index (κ2) is 8.99. The van der Waals surface area contributed by atoms with Crippen LogP contribution in [-0.2, 0) is 0 Å². The van der Waals surface area contributed by atoms with Crippen LogP contribution in [0.15, 0.2) is 133 Å². The van der Waals surface area contributed by atoms with Gasteiger partial charge in [-0.05, 0) is 66.7 Å². The number of pyridine rings is 2. The van der Waals surface area contributed by atoms with Gasteiger partial charge in [0.15, 0.2) is 5.82 Å². The van der Waals surface area contributed by atoms with Crippen molar-refractivity contribution in [3.05, 3.63) is 128 Å². The summed E-state index contributed by atoms with van der Waals surface area (Å²) in [4.78, 5) is 18.2. The molecule has 0 unspecified atom stereocenters. The summed E-state index contributed by atoms with van der Waals surface area (Å²) >= 11 is 0. The number of para-hydroxylation sites is 1. The van der Waals surface area contributed by atoms with Gasteiger partial charge in [0.25, 0.3) is 0 Å². The Labute approximate surface area is 229 Å². The monoisotopic (exact) mass is 515 g/mol. The summed E-state index contributed by atoms with van der Waals surface area (Å²) in [7, 11) is 0. The van der Waals surface area contributed by atoms with Crippen LogP contribution in [0.3, 0.4) is 0 Å². The van der Waals surface area contributed by atoms with Crippen molar-refractivity contribution in [2.45, 2.75) is 0 Å². The maximum atomic E-state index is 5.95. The molecule has 5 heterocycles. The van der Waals surface area contributed by atoms with Gasteiger partial charge < -0.3 is 8.98 Å². The molecule has 188 valence electrons. The van der Waals surface area contributed by atoms with E-state index in [4.69, 9.17) is 14.4 Å². The van der Waals surface area contributed by atoms with Crippen LogP contribution in [0, 0.1) is 0 Å². The number of benzene rings is 3. The van der Waals surface area contributed by atoms with E-state index in [-0.39, 0.29) is 0 Å². The molecule has 6 nitrogen and oxygen atoms in total. The molecule has 0 aliphatic rings. The lowest BCUT2D eigenvalue weighted by atomic mass is 10.1. The molecule has 0 fully saturated rings. The highest BCUT2D eigenvalue weighted by Gasteiger charge is 2.17. The van der Waals surface area contributed by atoms with Gasteiger partial charge in [0.05, 0.1) is 34.1 Å². The summed E-state index contributed by atoms with van der Waals surface area (Å²) in [5.74, 6) is 0.647. The Morgan fingerprint density at radius 1 is 0.575 bits per heavy atom. The molecular formula is C34H21N5O. The van der Waals surface area contributed by atoms with E-state index in [1.54, 1.807) is 31.1 Å². The topological polar surface area (TPSA) is 69.6 Å². The van der Waals surface area contributed by atoms with Crippen molar-refractivity contribution in [3.8, 4) is 39.6 Å². The minimum atomic E-state index is 0.647. The number of rotatable bonds is 4. The molecule has 3 aromatic carbocycles. The zero-order chi connectivity index (χ0) is 26.5. The van der Waals surface area contributed by atoms with E-state index >= 15 is 0 Å². The molecule has 0 aliphatic carbocycles. The van der Waals surface area contributed by atoms with Crippen molar-refractivity contribution in [2.75, 3.05) is 0 Å². The van der Waals surface area contributed by atoms with Gasteiger partial charge in [-0.15, -0.1) is 0 Å². The van der Waals surface area contributed by atoms with Gasteiger partial charge in [-0.3, -0.25) is 9.97 Å². The Balaban J connectivity index is 1.35. The van der Waals surface area contributed by atoms with Crippen LogP contribution < -0.4 is 0 Å². The van der Waals surface area contributed by atoms with Gasteiger partial charge in [0, 0.05) is 57.9 Å². The number of furan rings is 1. The lowest BCUT2D eigenvalue weighted by Gasteiger charge is -2.12. The van der Waals surface area contributed by atoms with E-state index in [1.807, 2.05) is 36.4 Å². The molecule has 0 aliphatic heterocycles. The first-order chi connectivity index (χ1) is 19.8. The van der Waals surface area contributed by atoms with Gasteiger partial charge >= 0.3 is 0 Å². The smallest absolute Gasteiger partial charge is 0.160 e. The van der Waals surface area contributed by atoms with E-state index in [9.17, 15) is 0 Å². The van der Waals surface area contributed by atoms with Gasteiger partial charge in [0.1, 0.15) is 5.58 Å². The normalized spacial score (nSPS) is 11.5. The zero-order valence-electron chi connectivity index (χ0n) is 21.3. The minimum Gasteiger partial charge on any atom is -0.464 e. The van der Waals surface area contributed by atoms with Gasteiger partial charge in [-0.2, -0.15) is 0 Å². The maximum absolute atomic E-state index is 5.95. The minimum absolute atomic E-state index is 0.647. The number of nitrogens with zero attached hydrogens (tertiary/aromatic N) is 5. The second-order valence-electron chi connectivity index (χ2n) is 9.64. The lowest BCUT2D eigenvalue weighted by molar-refractivity contribution is 0.619. The van der Waals surface area contributed by atoms with Gasteiger partial charge in [0.2, 0.25) is 0 Å². The average Bonchev–Trinajstić information content (AvgIpc) is 3.64. The summed E-state index contributed by atoms with van der Waals surface area (Å²) in [6.07, 6.45) is 8.84. The highest BCUT2D eigenvalue weighted by atomic mass is 16.3. The number of fused-ring (bicyclic) bond motifs is 5. The third kappa shape index (κ3) is 3.58. The van der Waals surface area contributed by atoms with Crippen LogP contribution in [0.5, 0.6) is 0 Å². The molecule has 8 aromatic rings. The number of hydrogen-bond acceptors (Lipinski definition) is 5. The molecular weight excluding hydrogens is 494 g/mol. The fourth-order valence-corrected chi connectivity index (χ4v) is 5.46. The molecule has 0 radical (unpaired) electrons. The summed E-state index contributed by atoms with van der Waals surface area (Å²) in [6.45, 7) is 0. The summed E-state index contributed by atoms with van der Waals surface area (Å²) in [6, 6.07) is 33.1. The SMILES string of the molecule is c1cc(-c2cc(-c3ccncc3)nc(-c3ccncc3)n2)cc(-n2c3ccccc3c3c4occc4ccc32)c1. The Hall–Kier alpha value is -5.62. The fraction of sp³-hybridized carbons (Fsp3) is 0. The van der Waals surface area contributed by atoms with Crippen molar-refractivity contribution in [1.82, 2.24) is 24.5 Å². The quantitative estimate of drug-likeness (QED) is 0.237. The molecule has 8 rings (SSSR count). The van der Waals surface area contributed by atoms with E-state index in [1.165, 1.54) is 0 Å². The summed E-state index contributed by atoms with van der Waals surface area (Å²) in [5.41, 5.74) is 8.73. The lowest BCUT2D eigenvalue weighted by Crippen LogP contribution is -1.98. The van der Waals surface area contributed by atoms with Crippen molar-refractivity contribution in [2.24, 2.45) is 0 Å². The van der Waals surface area contributed by atoms with Crippen LogP contribution in [-0.4, -0.2) is 24.5 Å². The van der Waals surface area contributed by atoms with E-state index in [2.05, 4.69) is 75.2 Å². The third-order valence-electron chi connectivity index (χ3n) is 7.30. The first kappa shape index (κ1) is 22.4. The Morgan fingerprint density at radius 3 is 2.15 bits per heavy atom. The zero-order valence-corrected chi connectivity index (χ0v) is 21.3. The molecule has 0 saturated heterocycles. The van der Waals surface area contributed by atoms with Crippen molar-refractivity contribution < 1.29 is 4.42 Å². The molecule has 40 heavy (non-hydrogen) atoms. The van der Waals surface area contributed by atoms with Gasteiger partial charge in [-0.1, -0.05) is 30.3 Å². The summed E-state index contributed by atoms with van der Waals surface area (Å²) in [5, 5.41) is 3.37. The Bertz CT molecular complexity index is 2110. The van der Waals surface area contributed by atoms with Crippen molar-refractivity contribution in [1.29, 1.82) is 0 Å². The van der Waals surface area contributed by atoms with Crippen LogP contribution in [0.25, 0.3) is 72.4 Å². The van der Waals surface area contributed by atoms with E-state index in [0.29, 0.717) is 5.82 Å². The molecule has 0 spiro atoms. The van der Waals surface area contributed by atoms with Crippen LogP contribution in [0.2, 0.25) is 0 Å². The van der Waals surface area contributed by atoms with Crippen LogP contribution in [0.4, 0.5) is 0 Å². The summed E-state index contributed by atoms with van der Waals surface area (Å²) < 4.78 is 8.25. The predicted molar refractivity (Wildman–Crippen MR) is 158 cm³/mol. The van der Waals surface area contributed by atoms with Crippen molar-refractivity contribution >= 4 is 32.8 Å². The second-order valence-corrected chi connectivity index (χ2v) is 9.64. The number of aromatic nitrogens is 5. The van der Waals surface area contributed by atoms with Crippen molar-refractivity contribution in [3.63, 3.8) is 0 Å². The van der Waals surface area contributed by atoms with Crippen LogP contribution in [0.1, 0.15) is 0 Å². The number of hydrogen-bond donors (Lipinski definition) is 0. The third-order valence-corrected chi connectivity index (χ3v) is 7.30. The van der Waals surface area contributed by atoms with E-state index < -0.39 is 0 Å². The molecule has 0 bridgehead atoms.